The molecule has 0 saturated heterocycles. The summed E-state index contributed by atoms with van der Waals surface area (Å²) in [4.78, 5) is 22.3. The van der Waals surface area contributed by atoms with E-state index in [1.54, 1.807) is 6.08 Å². The molecule has 15 heavy (non-hydrogen) atoms. The maximum atomic E-state index is 11.4. The first-order valence-electron chi connectivity index (χ1n) is 5.61. The summed E-state index contributed by atoms with van der Waals surface area (Å²) < 4.78 is 0. The molecule has 3 heteroatoms. The third-order valence-electron chi connectivity index (χ3n) is 2.71. The molecule has 0 aromatic carbocycles. The molecule has 0 radical (unpaired) electrons. The van der Waals surface area contributed by atoms with Gasteiger partial charge in [0.1, 0.15) is 5.78 Å². The number of allylic oxidation sites excluding steroid dienone is 1. The van der Waals surface area contributed by atoms with E-state index in [0.717, 1.165) is 32.1 Å². The summed E-state index contributed by atoms with van der Waals surface area (Å²) in [6.45, 7) is 0. The molecule has 0 heterocycles. The van der Waals surface area contributed by atoms with Crippen LogP contribution in [0, 0.1) is 5.92 Å². The Balaban J connectivity index is 2.58. The second-order valence-corrected chi connectivity index (χ2v) is 4.07. The van der Waals surface area contributed by atoms with Gasteiger partial charge >= 0.3 is 5.97 Å². The number of carboxylic acid groups (broad SMARTS) is 1. The monoisotopic (exact) mass is 210 g/mol. The molecule has 1 atom stereocenters. The molecular weight excluding hydrogens is 192 g/mol. The third kappa shape index (κ3) is 4.77. The zero-order chi connectivity index (χ0) is 11.1. The number of hydrogen-bond acceptors (Lipinski definition) is 2. The topological polar surface area (TPSA) is 54.4 Å². The van der Waals surface area contributed by atoms with Crippen molar-refractivity contribution >= 4 is 11.8 Å². The average Bonchev–Trinajstić information content (AvgIpc) is 2.23. The van der Waals surface area contributed by atoms with Crippen molar-refractivity contribution in [1.29, 1.82) is 0 Å². The number of Topliss-reactive ketones (excluding diaryl/α,β-unsaturated/α-hetero) is 1. The maximum absolute atomic E-state index is 11.4. The predicted octanol–water partition coefficient (Wildman–Crippen LogP) is 2.56. The van der Waals surface area contributed by atoms with E-state index in [2.05, 4.69) is 0 Å². The van der Waals surface area contributed by atoms with E-state index in [-0.39, 0.29) is 12.2 Å². The number of carbonyl (C=O) groups is 2. The number of aliphatic carboxylic acids is 1. The first-order chi connectivity index (χ1) is 7.20. The van der Waals surface area contributed by atoms with Crippen molar-refractivity contribution < 1.29 is 14.7 Å². The van der Waals surface area contributed by atoms with Crippen LogP contribution in [0.5, 0.6) is 0 Å². The van der Waals surface area contributed by atoms with Crippen molar-refractivity contribution in [2.75, 3.05) is 0 Å². The third-order valence-corrected chi connectivity index (χ3v) is 2.71. The van der Waals surface area contributed by atoms with Gasteiger partial charge in [-0.15, -0.1) is 0 Å². The Kier molecular flexibility index (Phi) is 5.08. The van der Waals surface area contributed by atoms with Gasteiger partial charge in [0.2, 0.25) is 0 Å². The van der Waals surface area contributed by atoms with Gasteiger partial charge in [-0.2, -0.15) is 0 Å². The van der Waals surface area contributed by atoms with Gasteiger partial charge in [-0.1, -0.05) is 25.0 Å². The minimum absolute atomic E-state index is 0.0777. The molecule has 0 spiro atoms. The smallest absolute Gasteiger partial charge is 0.310 e. The van der Waals surface area contributed by atoms with Gasteiger partial charge in [0.05, 0.1) is 5.92 Å². The molecule has 1 N–H and O–H groups in total. The van der Waals surface area contributed by atoms with Crippen molar-refractivity contribution in [2.45, 2.75) is 44.9 Å². The zero-order valence-electron chi connectivity index (χ0n) is 8.95. The quantitative estimate of drug-likeness (QED) is 0.677. The summed E-state index contributed by atoms with van der Waals surface area (Å²) in [5.74, 6) is -1.43. The lowest BCUT2D eigenvalue weighted by Gasteiger charge is -2.05. The lowest BCUT2D eigenvalue weighted by Crippen LogP contribution is -2.15. The molecule has 84 valence electrons. The van der Waals surface area contributed by atoms with Crippen LogP contribution >= 0.6 is 0 Å². The summed E-state index contributed by atoms with van der Waals surface area (Å²) in [6, 6.07) is 0. The van der Waals surface area contributed by atoms with E-state index in [0.29, 0.717) is 6.42 Å². The van der Waals surface area contributed by atoms with Crippen LogP contribution in [0.15, 0.2) is 12.2 Å². The highest BCUT2D eigenvalue weighted by Gasteiger charge is 2.18. The lowest BCUT2D eigenvalue weighted by molar-refractivity contribution is -0.141. The van der Waals surface area contributed by atoms with Crippen molar-refractivity contribution in [3.8, 4) is 0 Å². The molecule has 3 nitrogen and oxygen atoms in total. The molecular formula is C12H18O3. The minimum Gasteiger partial charge on any atom is -0.481 e. The Labute approximate surface area is 90.2 Å². The van der Waals surface area contributed by atoms with Crippen molar-refractivity contribution in [3.63, 3.8) is 0 Å². The number of carboxylic acids is 1. The van der Waals surface area contributed by atoms with E-state index >= 15 is 0 Å². The molecule has 1 aliphatic rings. The standard InChI is InChI=1S/C12H18O3/c13-11-8-6-4-2-1-3-5-7-10(9-11)12(14)15/h5,7,10H,1-4,6,8-9H2,(H,14,15). The van der Waals surface area contributed by atoms with Crippen molar-refractivity contribution in [1.82, 2.24) is 0 Å². The van der Waals surface area contributed by atoms with Crippen LogP contribution in [0.1, 0.15) is 44.9 Å². The number of carbonyl (C=O) groups excluding carboxylic acids is 1. The van der Waals surface area contributed by atoms with Gasteiger partial charge in [0, 0.05) is 12.8 Å². The molecule has 0 saturated carbocycles. The normalized spacial score (nSPS) is 24.5. The highest BCUT2D eigenvalue weighted by molar-refractivity contribution is 5.84. The van der Waals surface area contributed by atoms with Crippen LogP contribution in [0.3, 0.4) is 0 Å². The minimum atomic E-state index is -0.890. The number of rotatable bonds is 1. The summed E-state index contributed by atoms with van der Waals surface area (Å²) in [5, 5.41) is 8.90. The van der Waals surface area contributed by atoms with E-state index in [4.69, 9.17) is 5.11 Å². The Hall–Kier alpha value is -1.12. The van der Waals surface area contributed by atoms with E-state index < -0.39 is 11.9 Å². The van der Waals surface area contributed by atoms with Crippen LogP contribution in [0.4, 0.5) is 0 Å². The van der Waals surface area contributed by atoms with Crippen LogP contribution in [-0.4, -0.2) is 16.9 Å². The van der Waals surface area contributed by atoms with Crippen molar-refractivity contribution in [3.05, 3.63) is 12.2 Å². The Morgan fingerprint density at radius 1 is 1.27 bits per heavy atom. The van der Waals surface area contributed by atoms with E-state index in [1.165, 1.54) is 0 Å². The molecule has 0 aromatic heterocycles. The fraction of sp³-hybridized carbons (Fsp3) is 0.667. The largest absolute Gasteiger partial charge is 0.481 e. The van der Waals surface area contributed by atoms with Crippen molar-refractivity contribution in [2.24, 2.45) is 5.92 Å². The second-order valence-electron chi connectivity index (χ2n) is 4.07. The van der Waals surface area contributed by atoms with Crippen LogP contribution in [-0.2, 0) is 9.59 Å². The average molecular weight is 210 g/mol. The highest BCUT2D eigenvalue weighted by Crippen LogP contribution is 2.14. The summed E-state index contributed by atoms with van der Waals surface area (Å²) >= 11 is 0. The summed E-state index contributed by atoms with van der Waals surface area (Å²) in [7, 11) is 0. The molecule has 0 aliphatic heterocycles. The number of hydrogen-bond donors (Lipinski definition) is 1. The fourth-order valence-electron chi connectivity index (χ4n) is 1.78. The molecule has 0 amide bonds. The van der Waals surface area contributed by atoms with Crippen LogP contribution in [0.25, 0.3) is 0 Å². The van der Waals surface area contributed by atoms with Gasteiger partial charge in [0.15, 0.2) is 0 Å². The number of ketones is 1. The van der Waals surface area contributed by atoms with Gasteiger partial charge in [-0.05, 0) is 19.3 Å². The predicted molar refractivity (Wildman–Crippen MR) is 57.6 cm³/mol. The zero-order valence-corrected chi connectivity index (χ0v) is 8.95. The Bertz CT molecular complexity index is 256. The maximum Gasteiger partial charge on any atom is 0.310 e. The molecule has 0 fully saturated rings. The Morgan fingerprint density at radius 2 is 2.00 bits per heavy atom. The van der Waals surface area contributed by atoms with Gasteiger partial charge in [0.25, 0.3) is 0 Å². The summed E-state index contributed by atoms with van der Waals surface area (Å²) in [6.07, 6.45) is 9.42. The fourth-order valence-corrected chi connectivity index (χ4v) is 1.78. The van der Waals surface area contributed by atoms with Gasteiger partial charge in [-0.3, -0.25) is 9.59 Å². The summed E-state index contributed by atoms with van der Waals surface area (Å²) in [5.41, 5.74) is 0. The SMILES string of the molecule is O=C1CCCCCCC=CC(C(=O)O)C1. The molecule has 0 aromatic rings. The van der Waals surface area contributed by atoms with Crippen LogP contribution in [0.2, 0.25) is 0 Å². The first-order valence-corrected chi connectivity index (χ1v) is 5.61. The van der Waals surface area contributed by atoms with E-state index in [1.807, 2.05) is 6.08 Å². The van der Waals surface area contributed by atoms with Crippen LogP contribution < -0.4 is 0 Å². The molecule has 1 rings (SSSR count). The van der Waals surface area contributed by atoms with Gasteiger partial charge < -0.3 is 5.11 Å². The second kappa shape index (κ2) is 6.38. The molecule has 0 bridgehead atoms. The molecule has 1 aliphatic carbocycles. The van der Waals surface area contributed by atoms with E-state index in [9.17, 15) is 9.59 Å². The van der Waals surface area contributed by atoms with Gasteiger partial charge in [-0.25, -0.2) is 0 Å². The lowest BCUT2D eigenvalue weighted by atomic mass is 9.99. The Morgan fingerprint density at radius 3 is 2.73 bits per heavy atom. The molecule has 1 unspecified atom stereocenters. The highest BCUT2D eigenvalue weighted by atomic mass is 16.4. The first kappa shape index (κ1) is 12.0.